The summed E-state index contributed by atoms with van der Waals surface area (Å²) < 4.78 is 37.0. The van der Waals surface area contributed by atoms with Crippen molar-refractivity contribution in [2.24, 2.45) is 0 Å². The predicted octanol–water partition coefficient (Wildman–Crippen LogP) is 2.92. The SMILES string of the molecule is CCOC(=O)c1cc(NS(=O)(=O)c2c(C)noc2C)ccc1Cl. The van der Waals surface area contributed by atoms with E-state index >= 15 is 0 Å². The fourth-order valence-electron chi connectivity index (χ4n) is 2.02. The number of benzene rings is 1. The number of rotatable bonds is 5. The van der Waals surface area contributed by atoms with Crippen LogP contribution in [0.1, 0.15) is 28.7 Å². The molecule has 0 aliphatic carbocycles. The van der Waals surface area contributed by atoms with Gasteiger partial charge in [-0.2, -0.15) is 0 Å². The van der Waals surface area contributed by atoms with Crippen LogP contribution in [0.5, 0.6) is 0 Å². The molecule has 1 heterocycles. The first kappa shape index (κ1) is 17.3. The zero-order valence-electron chi connectivity index (χ0n) is 12.7. The van der Waals surface area contributed by atoms with Gasteiger partial charge in [0, 0.05) is 5.69 Å². The van der Waals surface area contributed by atoms with Crippen molar-refractivity contribution in [1.82, 2.24) is 5.16 Å². The van der Waals surface area contributed by atoms with E-state index in [1.54, 1.807) is 6.92 Å². The van der Waals surface area contributed by atoms with Crippen LogP contribution in [0.2, 0.25) is 5.02 Å². The number of carbonyl (C=O) groups excluding carboxylic acids is 1. The van der Waals surface area contributed by atoms with Crippen molar-refractivity contribution in [3.05, 3.63) is 40.2 Å². The number of anilines is 1. The maximum absolute atomic E-state index is 12.4. The summed E-state index contributed by atoms with van der Waals surface area (Å²) >= 11 is 5.95. The second-order valence-corrected chi connectivity index (χ2v) is 6.70. The van der Waals surface area contributed by atoms with Crippen molar-refractivity contribution in [2.45, 2.75) is 25.7 Å². The van der Waals surface area contributed by atoms with Crippen LogP contribution in [0.4, 0.5) is 5.69 Å². The number of hydrogen-bond acceptors (Lipinski definition) is 6. The first-order valence-electron chi connectivity index (χ1n) is 6.68. The van der Waals surface area contributed by atoms with Crippen molar-refractivity contribution in [3.8, 4) is 0 Å². The van der Waals surface area contributed by atoms with E-state index in [9.17, 15) is 13.2 Å². The standard InChI is InChI=1S/C14H15ClN2O5S/c1-4-21-14(18)11-7-10(5-6-12(11)15)17-23(19,20)13-8(2)16-22-9(13)3/h5-7,17H,4H2,1-3H3. The third-order valence-corrected chi connectivity index (χ3v) is 4.90. The maximum atomic E-state index is 12.4. The third-order valence-electron chi connectivity index (χ3n) is 2.95. The normalized spacial score (nSPS) is 11.3. The average molecular weight is 359 g/mol. The number of esters is 1. The molecule has 0 aliphatic rings. The highest BCUT2D eigenvalue weighted by Gasteiger charge is 2.25. The lowest BCUT2D eigenvalue weighted by molar-refractivity contribution is 0.0526. The number of halogens is 1. The Labute approximate surface area is 138 Å². The molecule has 9 heteroatoms. The number of hydrogen-bond donors (Lipinski definition) is 1. The van der Waals surface area contributed by atoms with Crippen molar-refractivity contribution in [3.63, 3.8) is 0 Å². The number of ether oxygens (including phenoxy) is 1. The lowest BCUT2D eigenvalue weighted by atomic mass is 10.2. The molecule has 2 rings (SSSR count). The Balaban J connectivity index is 2.37. The van der Waals surface area contributed by atoms with Crippen molar-refractivity contribution < 1.29 is 22.5 Å². The second kappa shape index (κ2) is 6.59. The molecule has 0 fully saturated rings. The van der Waals surface area contributed by atoms with Gasteiger partial charge in [-0.25, -0.2) is 13.2 Å². The smallest absolute Gasteiger partial charge is 0.339 e. The van der Waals surface area contributed by atoms with Gasteiger partial charge in [0.15, 0.2) is 10.7 Å². The summed E-state index contributed by atoms with van der Waals surface area (Å²) in [5, 5.41) is 3.79. The van der Waals surface area contributed by atoms with Gasteiger partial charge in [0.1, 0.15) is 5.69 Å². The molecular formula is C14H15ClN2O5S. The van der Waals surface area contributed by atoms with Gasteiger partial charge in [0.2, 0.25) is 0 Å². The summed E-state index contributed by atoms with van der Waals surface area (Å²) in [6.45, 7) is 4.87. The second-order valence-electron chi connectivity index (χ2n) is 4.67. The number of sulfonamides is 1. The fraction of sp³-hybridized carbons (Fsp3) is 0.286. The summed E-state index contributed by atoms with van der Waals surface area (Å²) in [7, 11) is -3.90. The van der Waals surface area contributed by atoms with Gasteiger partial charge < -0.3 is 9.26 Å². The number of aryl methyl sites for hydroxylation is 2. The Bertz CT molecular complexity index is 825. The van der Waals surface area contributed by atoms with E-state index in [0.29, 0.717) is 0 Å². The van der Waals surface area contributed by atoms with Gasteiger partial charge in [0.05, 0.1) is 17.2 Å². The van der Waals surface area contributed by atoms with Crippen LogP contribution in [0.25, 0.3) is 0 Å². The van der Waals surface area contributed by atoms with E-state index in [1.807, 2.05) is 0 Å². The van der Waals surface area contributed by atoms with E-state index in [4.69, 9.17) is 20.9 Å². The van der Waals surface area contributed by atoms with Crippen LogP contribution >= 0.6 is 11.6 Å². The van der Waals surface area contributed by atoms with Gasteiger partial charge in [-0.1, -0.05) is 16.8 Å². The van der Waals surface area contributed by atoms with E-state index in [-0.39, 0.29) is 39.2 Å². The molecule has 0 atom stereocenters. The minimum Gasteiger partial charge on any atom is -0.462 e. The molecule has 0 bridgehead atoms. The molecule has 0 unspecified atom stereocenters. The van der Waals surface area contributed by atoms with Gasteiger partial charge in [-0.15, -0.1) is 0 Å². The van der Waals surface area contributed by atoms with Crippen LogP contribution < -0.4 is 4.72 Å². The zero-order chi connectivity index (χ0) is 17.2. The molecule has 0 saturated heterocycles. The molecule has 0 spiro atoms. The third kappa shape index (κ3) is 3.65. The minimum atomic E-state index is -3.90. The lowest BCUT2D eigenvalue weighted by Crippen LogP contribution is -2.15. The first-order chi connectivity index (χ1) is 10.8. The minimum absolute atomic E-state index is 0.0369. The monoisotopic (exact) mass is 358 g/mol. The average Bonchev–Trinajstić information content (AvgIpc) is 2.81. The molecule has 0 radical (unpaired) electrons. The van der Waals surface area contributed by atoms with Crippen LogP contribution in [0.3, 0.4) is 0 Å². The van der Waals surface area contributed by atoms with Gasteiger partial charge in [-0.05, 0) is 39.0 Å². The summed E-state index contributed by atoms with van der Waals surface area (Å²) in [5.74, 6) is -0.453. The Morgan fingerprint density at radius 1 is 1.39 bits per heavy atom. The molecule has 2 aromatic rings. The molecule has 23 heavy (non-hydrogen) atoms. The van der Waals surface area contributed by atoms with Gasteiger partial charge >= 0.3 is 5.97 Å². The number of nitrogens with one attached hydrogen (secondary N) is 1. The van der Waals surface area contributed by atoms with E-state index in [1.165, 1.54) is 32.0 Å². The van der Waals surface area contributed by atoms with Crippen LogP contribution in [-0.2, 0) is 14.8 Å². The summed E-state index contributed by atoms with van der Waals surface area (Å²) in [6.07, 6.45) is 0. The van der Waals surface area contributed by atoms with Crippen LogP contribution in [-0.4, -0.2) is 26.2 Å². The summed E-state index contributed by atoms with van der Waals surface area (Å²) in [5.41, 5.74) is 0.500. The van der Waals surface area contributed by atoms with Crippen molar-refractivity contribution in [2.75, 3.05) is 11.3 Å². The summed E-state index contributed by atoms with van der Waals surface area (Å²) in [4.78, 5) is 11.8. The lowest BCUT2D eigenvalue weighted by Gasteiger charge is -2.10. The van der Waals surface area contributed by atoms with Crippen LogP contribution in [0, 0.1) is 13.8 Å². The largest absolute Gasteiger partial charge is 0.462 e. The first-order valence-corrected chi connectivity index (χ1v) is 8.54. The Kier molecular flexibility index (Phi) is 4.96. The molecular weight excluding hydrogens is 344 g/mol. The maximum Gasteiger partial charge on any atom is 0.339 e. The van der Waals surface area contributed by atoms with Gasteiger partial charge in [0.25, 0.3) is 10.0 Å². The molecule has 1 aromatic heterocycles. The summed E-state index contributed by atoms with van der Waals surface area (Å²) in [6, 6.07) is 4.18. The molecule has 1 aromatic carbocycles. The molecule has 0 amide bonds. The Hall–Kier alpha value is -2.06. The van der Waals surface area contributed by atoms with Crippen molar-refractivity contribution >= 4 is 33.3 Å². The van der Waals surface area contributed by atoms with E-state index in [2.05, 4.69) is 9.88 Å². The highest BCUT2D eigenvalue weighted by atomic mass is 35.5. The topological polar surface area (TPSA) is 98.5 Å². The number of aromatic nitrogens is 1. The molecule has 0 aliphatic heterocycles. The number of carbonyl (C=O) groups is 1. The van der Waals surface area contributed by atoms with E-state index < -0.39 is 16.0 Å². The molecule has 1 N–H and O–H groups in total. The zero-order valence-corrected chi connectivity index (χ0v) is 14.3. The van der Waals surface area contributed by atoms with Gasteiger partial charge in [-0.3, -0.25) is 4.72 Å². The number of nitrogens with zero attached hydrogens (tertiary/aromatic N) is 1. The highest BCUT2D eigenvalue weighted by Crippen LogP contribution is 2.25. The quantitative estimate of drug-likeness (QED) is 0.825. The molecule has 7 nitrogen and oxygen atoms in total. The Morgan fingerprint density at radius 2 is 2.09 bits per heavy atom. The fourth-order valence-corrected chi connectivity index (χ4v) is 3.59. The van der Waals surface area contributed by atoms with E-state index in [0.717, 1.165) is 0 Å². The predicted molar refractivity (Wildman–Crippen MR) is 84.2 cm³/mol. The highest BCUT2D eigenvalue weighted by molar-refractivity contribution is 7.92. The van der Waals surface area contributed by atoms with Crippen molar-refractivity contribution in [1.29, 1.82) is 0 Å². The Morgan fingerprint density at radius 3 is 2.65 bits per heavy atom. The molecule has 124 valence electrons. The molecule has 0 saturated carbocycles. The van der Waals surface area contributed by atoms with Crippen LogP contribution in [0.15, 0.2) is 27.6 Å².